The normalized spacial score (nSPS) is 13.3. The largest absolute Gasteiger partial charge is 0.270 e. The van der Waals surface area contributed by atoms with Crippen molar-refractivity contribution in [2.75, 3.05) is 25.7 Å². The van der Waals surface area contributed by atoms with E-state index in [1.807, 2.05) is 0 Å². The molecule has 0 atom stereocenters. The summed E-state index contributed by atoms with van der Waals surface area (Å²) in [6.07, 6.45) is 49.3. The molecule has 288 valence electrons. The molecular formula is C41H76O6S2. The van der Waals surface area contributed by atoms with Crippen LogP contribution in [0.5, 0.6) is 0 Å². The van der Waals surface area contributed by atoms with Crippen molar-refractivity contribution in [3.05, 3.63) is 48.6 Å². The Balaban J connectivity index is 4.54. The van der Waals surface area contributed by atoms with Gasteiger partial charge >= 0.3 is 0 Å². The second kappa shape index (κ2) is 32.7. The van der Waals surface area contributed by atoms with Crippen molar-refractivity contribution < 1.29 is 25.2 Å². The lowest BCUT2D eigenvalue weighted by Crippen LogP contribution is -2.34. The van der Waals surface area contributed by atoms with Crippen LogP contribution >= 0.6 is 0 Å². The molecule has 0 aliphatic heterocycles. The molecule has 0 spiro atoms. The van der Waals surface area contributed by atoms with E-state index in [-0.39, 0.29) is 13.2 Å². The molecule has 0 saturated heterocycles. The van der Waals surface area contributed by atoms with E-state index in [1.54, 1.807) is 0 Å². The lowest BCUT2D eigenvalue weighted by molar-refractivity contribution is 0.0632. The molecule has 0 aromatic rings. The minimum atomic E-state index is -3.66. The average molecular weight is 729 g/mol. The second-order valence-electron chi connectivity index (χ2n) is 14.1. The van der Waals surface area contributed by atoms with Gasteiger partial charge in [-0.05, 0) is 77.0 Å². The Kier molecular flexibility index (Phi) is 31.9. The molecule has 0 bridgehead atoms. The Morgan fingerprint density at radius 3 is 1.00 bits per heavy atom. The maximum absolute atomic E-state index is 11.9. The first-order chi connectivity index (χ1) is 23.5. The maximum Gasteiger partial charge on any atom is 0.264 e. The molecule has 0 rings (SSSR count). The summed E-state index contributed by atoms with van der Waals surface area (Å²) in [5.41, 5.74) is -0.642. The highest BCUT2D eigenvalue weighted by Gasteiger charge is 2.33. The first-order valence-electron chi connectivity index (χ1n) is 19.8. The highest BCUT2D eigenvalue weighted by atomic mass is 32.2. The standard InChI is InChI=1S/C41H76O6S2/c1-5-7-9-11-13-15-17-19-21-23-25-27-29-31-33-35-37-41(39-46-48(3,42)43,40-47-49(4,44)45)38-36-34-32-30-28-26-24-22-20-18-16-14-12-10-8-6-2/h13-16,19-22H,5-12,17-18,23-40H2,1-4H3/b15-13-,16-14-,21-19-,22-20-. The number of hydrogen-bond donors (Lipinski definition) is 0. The van der Waals surface area contributed by atoms with Crippen molar-refractivity contribution in [1.29, 1.82) is 0 Å². The minimum absolute atomic E-state index is 0.0398. The van der Waals surface area contributed by atoms with E-state index < -0.39 is 25.7 Å². The molecule has 0 aromatic heterocycles. The van der Waals surface area contributed by atoms with E-state index >= 15 is 0 Å². The van der Waals surface area contributed by atoms with Gasteiger partial charge in [0.15, 0.2) is 0 Å². The van der Waals surface area contributed by atoms with E-state index in [4.69, 9.17) is 8.37 Å². The number of allylic oxidation sites excluding steroid dienone is 8. The van der Waals surface area contributed by atoms with Crippen LogP contribution in [0.2, 0.25) is 0 Å². The van der Waals surface area contributed by atoms with Gasteiger partial charge in [0.2, 0.25) is 0 Å². The molecule has 0 aliphatic carbocycles. The Labute approximate surface area is 304 Å². The summed E-state index contributed by atoms with van der Waals surface area (Å²) in [5, 5.41) is 0. The fourth-order valence-electron chi connectivity index (χ4n) is 5.90. The molecule has 0 aliphatic rings. The number of unbranched alkanes of at least 4 members (excludes halogenated alkanes) is 18. The van der Waals surface area contributed by atoms with E-state index in [0.717, 1.165) is 76.7 Å². The Morgan fingerprint density at radius 1 is 0.408 bits per heavy atom. The van der Waals surface area contributed by atoms with E-state index in [2.05, 4.69) is 62.5 Å². The van der Waals surface area contributed by atoms with Crippen LogP contribution in [0.15, 0.2) is 48.6 Å². The van der Waals surface area contributed by atoms with Crippen molar-refractivity contribution in [1.82, 2.24) is 0 Å². The predicted octanol–water partition coefficient (Wildman–Crippen LogP) is 12.3. The summed E-state index contributed by atoms with van der Waals surface area (Å²) in [6.45, 7) is 4.39. The summed E-state index contributed by atoms with van der Waals surface area (Å²) in [6, 6.07) is 0. The third kappa shape index (κ3) is 36.4. The molecule has 0 unspecified atom stereocenters. The Hall–Kier alpha value is -1.22. The first kappa shape index (κ1) is 47.8. The summed E-state index contributed by atoms with van der Waals surface area (Å²) in [5.74, 6) is 0. The average Bonchev–Trinajstić information content (AvgIpc) is 3.05. The first-order valence-corrected chi connectivity index (χ1v) is 23.5. The Bertz CT molecular complexity index is 987. The lowest BCUT2D eigenvalue weighted by atomic mass is 9.79. The summed E-state index contributed by atoms with van der Waals surface area (Å²) >= 11 is 0. The molecule has 8 heteroatoms. The zero-order chi connectivity index (χ0) is 36.4. The monoisotopic (exact) mass is 729 g/mol. The molecule has 0 N–H and O–H groups in total. The van der Waals surface area contributed by atoms with Crippen molar-refractivity contribution >= 4 is 20.2 Å². The van der Waals surface area contributed by atoms with E-state index in [1.165, 1.54) is 89.9 Å². The van der Waals surface area contributed by atoms with Gasteiger partial charge < -0.3 is 0 Å². The van der Waals surface area contributed by atoms with Gasteiger partial charge in [0, 0.05) is 5.41 Å². The molecule has 0 amide bonds. The zero-order valence-corrected chi connectivity index (χ0v) is 33.8. The number of hydrogen-bond acceptors (Lipinski definition) is 6. The zero-order valence-electron chi connectivity index (χ0n) is 32.2. The minimum Gasteiger partial charge on any atom is -0.270 e. The van der Waals surface area contributed by atoms with Gasteiger partial charge in [0.25, 0.3) is 20.2 Å². The van der Waals surface area contributed by atoms with Gasteiger partial charge in [-0.25, -0.2) is 0 Å². The molecule has 49 heavy (non-hydrogen) atoms. The van der Waals surface area contributed by atoms with E-state index in [0.29, 0.717) is 12.8 Å². The fourth-order valence-corrected chi connectivity index (χ4v) is 6.82. The van der Waals surface area contributed by atoms with Gasteiger partial charge in [0.05, 0.1) is 25.7 Å². The molecule has 0 heterocycles. The van der Waals surface area contributed by atoms with Crippen molar-refractivity contribution in [2.45, 2.75) is 181 Å². The highest BCUT2D eigenvalue weighted by molar-refractivity contribution is 7.86. The van der Waals surface area contributed by atoms with Gasteiger partial charge in [-0.1, -0.05) is 152 Å². The van der Waals surface area contributed by atoms with Crippen LogP contribution in [-0.2, 0) is 28.6 Å². The van der Waals surface area contributed by atoms with E-state index in [9.17, 15) is 16.8 Å². The predicted molar refractivity (Wildman–Crippen MR) is 212 cm³/mol. The number of rotatable bonds is 36. The van der Waals surface area contributed by atoms with Crippen LogP contribution < -0.4 is 0 Å². The van der Waals surface area contributed by atoms with Crippen molar-refractivity contribution in [3.63, 3.8) is 0 Å². The molecule has 6 nitrogen and oxygen atoms in total. The second-order valence-corrected chi connectivity index (χ2v) is 17.4. The quantitative estimate of drug-likeness (QED) is 0.0363. The van der Waals surface area contributed by atoms with Crippen LogP contribution in [0.3, 0.4) is 0 Å². The van der Waals surface area contributed by atoms with Gasteiger partial charge in [0.1, 0.15) is 0 Å². The van der Waals surface area contributed by atoms with Crippen molar-refractivity contribution in [3.8, 4) is 0 Å². The van der Waals surface area contributed by atoms with Crippen LogP contribution in [-0.4, -0.2) is 42.6 Å². The van der Waals surface area contributed by atoms with Crippen molar-refractivity contribution in [2.24, 2.45) is 5.41 Å². The Morgan fingerprint density at radius 2 is 0.694 bits per heavy atom. The van der Waals surface area contributed by atoms with Crippen LogP contribution in [0.4, 0.5) is 0 Å². The van der Waals surface area contributed by atoms with Crippen LogP contribution in [0.1, 0.15) is 181 Å². The molecule has 0 fully saturated rings. The third-order valence-corrected chi connectivity index (χ3v) is 10.1. The summed E-state index contributed by atoms with van der Waals surface area (Å²) in [4.78, 5) is 0. The van der Waals surface area contributed by atoms with Crippen LogP contribution in [0.25, 0.3) is 0 Å². The van der Waals surface area contributed by atoms with Crippen LogP contribution in [0, 0.1) is 5.41 Å². The molecule has 0 saturated carbocycles. The molecular weight excluding hydrogens is 653 g/mol. The molecule has 0 aromatic carbocycles. The smallest absolute Gasteiger partial charge is 0.264 e. The fraction of sp³-hybridized carbons (Fsp3) is 0.805. The maximum atomic E-state index is 11.9. The summed E-state index contributed by atoms with van der Waals surface area (Å²) in [7, 11) is -7.31. The highest BCUT2D eigenvalue weighted by Crippen LogP contribution is 2.34. The molecule has 0 radical (unpaired) electrons. The lowest BCUT2D eigenvalue weighted by Gasteiger charge is -2.33. The SMILES string of the molecule is CCCCC/C=C\C/C=C\CCCCCCCCC(CCCCCCCC/C=C\C/C=C\CCCCC)(COS(C)(=O)=O)COS(C)(=O)=O. The summed E-state index contributed by atoms with van der Waals surface area (Å²) < 4.78 is 58.3. The van der Waals surface area contributed by atoms with Gasteiger partial charge in [-0.3, -0.25) is 8.37 Å². The topological polar surface area (TPSA) is 86.7 Å². The third-order valence-electron chi connectivity index (χ3n) is 8.97. The van der Waals surface area contributed by atoms with Gasteiger partial charge in [-0.15, -0.1) is 0 Å². The van der Waals surface area contributed by atoms with Gasteiger partial charge in [-0.2, -0.15) is 16.8 Å².